The zero-order valence-corrected chi connectivity index (χ0v) is 12.2. The molecule has 0 spiro atoms. The third kappa shape index (κ3) is 12.1. The molecule has 3 nitrogen and oxygen atoms in total. The Morgan fingerprint density at radius 1 is 1.00 bits per heavy atom. The summed E-state index contributed by atoms with van der Waals surface area (Å²) in [5, 5.41) is 3.41. The van der Waals surface area contributed by atoms with E-state index in [9.17, 15) is 0 Å². The van der Waals surface area contributed by atoms with Gasteiger partial charge in [-0.15, -0.1) is 0 Å². The molecular formula is C14H31NO2. The molecule has 0 aliphatic carbocycles. The number of unbranched alkanes of at least 4 members (excludes halogenated alkanes) is 2. The van der Waals surface area contributed by atoms with E-state index in [4.69, 9.17) is 9.47 Å². The lowest BCUT2D eigenvalue weighted by Crippen LogP contribution is -2.24. The minimum absolute atomic E-state index is 0.0515. The highest BCUT2D eigenvalue weighted by atomic mass is 16.5. The van der Waals surface area contributed by atoms with Gasteiger partial charge in [-0.3, -0.25) is 0 Å². The fourth-order valence-electron chi connectivity index (χ4n) is 1.45. The third-order valence-corrected chi connectivity index (χ3v) is 2.97. The minimum atomic E-state index is -0.0515. The maximum atomic E-state index is 5.60. The lowest BCUT2D eigenvalue weighted by Gasteiger charge is -2.22. The highest BCUT2D eigenvalue weighted by Crippen LogP contribution is 2.12. The van der Waals surface area contributed by atoms with E-state index in [-0.39, 0.29) is 5.60 Å². The van der Waals surface area contributed by atoms with E-state index in [2.05, 4.69) is 26.1 Å². The van der Waals surface area contributed by atoms with Crippen LogP contribution in [0.2, 0.25) is 0 Å². The van der Waals surface area contributed by atoms with Crippen LogP contribution in [0.3, 0.4) is 0 Å². The van der Waals surface area contributed by atoms with E-state index in [0.29, 0.717) is 0 Å². The molecular weight excluding hydrogens is 214 g/mol. The Morgan fingerprint density at radius 2 is 1.76 bits per heavy atom. The molecule has 104 valence electrons. The number of hydrogen-bond acceptors (Lipinski definition) is 3. The number of nitrogens with one attached hydrogen (secondary N) is 1. The van der Waals surface area contributed by atoms with Crippen LogP contribution in [0.15, 0.2) is 0 Å². The maximum Gasteiger partial charge on any atom is 0.0644 e. The molecule has 0 atom stereocenters. The van der Waals surface area contributed by atoms with E-state index < -0.39 is 0 Å². The first-order valence-electron chi connectivity index (χ1n) is 6.96. The topological polar surface area (TPSA) is 30.5 Å². The Bertz CT molecular complexity index is 160. The number of ether oxygens (including phenoxy) is 2. The van der Waals surface area contributed by atoms with E-state index in [0.717, 1.165) is 32.7 Å². The molecule has 0 radical (unpaired) electrons. The van der Waals surface area contributed by atoms with Crippen molar-refractivity contribution >= 4 is 0 Å². The van der Waals surface area contributed by atoms with Gasteiger partial charge >= 0.3 is 0 Å². The van der Waals surface area contributed by atoms with Crippen LogP contribution in [0.1, 0.15) is 52.9 Å². The molecule has 0 aromatic heterocycles. The minimum Gasteiger partial charge on any atom is -0.381 e. The zero-order chi connectivity index (χ0) is 13.0. The summed E-state index contributed by atoms with van der Waals surface area (Å²) in [4.78, 5) is 0. The zero-order valence-electron chi connectivity index (χ0n) is 12.2. The average molecular weight is 245 g/mol. The van der Waals surface area contributed by atoms with E-state index >= 15 is 0 Å². The number of methoxy groups -OCH3 is 1. The maximum absolute atomic E-state index is 5.60. The Balaban J connectivity index is 3.09. The van der Waals surface area contributed by atoms with Crippen LogP contribution in [0.25, 0.3) is 0 Å². The number of rotatable bonds is 12. The molecule has 0 aromatic carbocycles. The highest BCUT2D eigenvalue weighted by molar-refractivity contribution is 4.66. The van der Waals surface area contributed by atoms with Crippen molar-refractivity contribution in [2.75, 3.05) is 33.4 Å². The monoisotopic (exact) mass is 245 g/mol. The van der Waals surface area contributed by atoms with Crippen molar-refractivity contribution in [1.29, 1.82) is 0 Å². The van der Waals surface area contributed by atoms with Gasteiger partial charge in [0.05, 0.1) is 5.60 Å². The molecule has 0 aromatic rings. The van der Waals surface area contributed by atoms with Crippen molar-refractivity contribution in [1.82, 2.24) is 5.32 Å². The van der Waals surface area contributed by atoms with Gasteiger partial charge in [-0.05, 0) is 59.0 Å². The molecule has 0 aliphatic rings. The molecule has 1 N–H and O–H groups in total. The van der Waals surface area contributed by atoms with Crippen LogP contribution in [0.5, 0.6) is 0 Å². The fraction of sp³-hybridized carbons (Fsp3) is 1.00. The summed E-state index contributed by atoms with van der Waals surface area (Å²) >= 11 is 0. The Hall–Kier alpha value is -0.120. The standard InChI is InChI=1S/C14H31NO2/c1-5-10-15-11-7-6-8-12-17-13-9-14(2,3)16-4/h15H,5-13H2,1-4H3. The highest BCUT2D eigenvalue weighted by Gasteiger charge is 2.15. The number of hydrogen-bond donors (Lipinski definition) is 1. The van der Waals surface area contributed by atoms with Crippen molar-refractivity contribution < 1.29 is 9.47 Å². The predicted molar refractivity (Wildman–Crippen MR) is 73.5 cm³/mol. The second-order valence-electron chi connectivity index (χ2n) is 5.14. The summed E-state index contributed by atoms with van der Waals surface area (Å²) in [7, 11) is 1.75. The van der Waals surface area contributed by atoms with Crippen molar-refractivity contribution in [3.63, 3.8) is 0 Å². The van der Waals surface area contributed by atoms with E-state index in [1.807, 2.05) is 0 Å². The summed E-state index contributed by atoms with van der Waals surface area (Å²) in [6.07, 6.45) is 5.86. The largest absolute Gasteiger partial charge is 0.381 e. The molecule has 0 aliphatic heterocycles. The van der Waals surface area contributed by atoms with Gasteiger partial charge in [-0.2, -0.15) is 0 Å². The second-order valence-corrected chi connectivity index (χ2v) is 5.14. The van der Waals surface area contributed by atoms with Gasteiger partial charge in [-0.1, -0.05) is 6.92 Å². The summed E-state index contributed by atoms with van der Waals surface area (Å²) < 4.78 is 10.9. The summed E-state index contributed by atoms with van der Waals surface area (Å²) in [5.74, 6) is 0. The van der Waals surface area contributed by atoms with Gasteiger partial charge in [0.2, 0.25) is 0 Å². The third-order valence-electron chi connectivity index (χ3n) is 2.97. The molecule has 0 unspecified atom stereocenters. The first-order valence-corrected chi connectivity index (χ1v) is 6.96. The Morgan fingerprint density at radius 3 is 2.41 bits per heavy atom. The summed E-state index contributed by atoms with van der Waals surface area (Å²) in [6.45, 7) is 10.4. The van der Waals surface area contributed by atoms with Gasteiger partial charge in [0.1, 0.15) is 0 Å². The van der Waals surface area contributed by atoms with Crippen molar-refractivity contribution in [2.24, 2.45) is 0 Å². The smallest absolute Gasteiger partial charge is 0.0644 e. The molecule has 0 bridgehead atoms. The van der Waals surface area contributed by atoms with Gasteiger partial charge in [0.25, 0.3) is 0 Å². The van der Waals surface area contributed by atoms with E-state index in [1.165, 1.54) is 25.7 Å². The second kappa shape index (κ2) is 11.0. The molecule has 0 heterocycles. The first kappa shape index (κ1) is 16.9. The fourth-order valence-corrected chi connectivity index (χ4v) is 1.45. The van der Waals surface area contributed by atoms with Gasteiger partial charge in [0.15, 0.2) is 0 Å². The van der Waals surface area contributed by atoms with Crippen LogP contribution >= 0.6 is 0 Å². The molecule has 0 amide bonds. The van der Waals surface area contributed by atoms with Gasteiger partial charge < -0.3 is 14.8 Å². The predicted octanol–water partition coefficient (Wildman–Crippen LogP) is 2.99. The van der Waals surface area contributed by atoms with Crippen molar-refractivity contribution in [3.8, 4) is 0 Å². The molecule has 17 heavy (non-hydrogen) atoms. The van der Waals surface area contributed by atoms with Gasteiger partial charge in [-0.25, -0.2) is 0 Å². The molecule has 0 fully saturated rings. The Labute approximate surface area is 107 Å². The molecule has 3 heteroatoms. The normalized spacial score (nSPS) is 12.0. The SMILES string of the molecule is CCCNCCCCCOCCC(C)(C)OC. The van der Waals surface area contributed by atoms with Crippen molar-refractivity contribution in [3.05, 3.63) is 0 Å². The van der Waals surface area contributed by atoms with Gasteiger partial charge in [0, 0.05) is 20.3 Å². The first-order chi connectivity index (χ1) is 8.12. The molecule has 0 saturated heterocycles. The summed E-state index contributed by atoms with van der Waals surface area (Å²) in [6, 6.07) is 0. The van der Waals surface area contributed by atoms with Crippen molar-refractivity contribution in [2.45, 2.75) is 58.5 Å². The van der Waals surface area contributed by atoms with Crippen LogP contribution < -0.4 is 5.32 Å². The Kier molecular flexibility index (Phi) is 10.9. The lowest BCUT2D eigenvalue weighted by atomic mass is 10.1. The van der Waals surface area contributed by atoms with Crippen LogP contribution in [-0.2, 0) is 9.47 Å². The summed E-state index contributed by atoms with van der Waals surface area (Å²) in [5.41, 5.74) is -0.0515. The van der Waals surface area contributed by atoms with Crippen LogP contribution in [0.4, 0.5) is 0 Å². The average Bonchev–Trinajstić information content (AvgIpc) is 2.31. The quantitative estimate of drug-likeness (QED) is 0.536. The molecule has 0 rings (SSSR count). The van der Waals surface area contributed by atoms with Crippen LogP contribution in [-0.4, -0.2) is 39.0 Å². The van der Waals surface area contributed by atoms with Crippen LogP contribution in [0, 0.1) is 0 Å². The lowest BCUT2D eigenvalue weighted by molar-refractivity contribution is -0.0101. The molecule has 0 saturated carbocycles. The van der Waals surface area contributed by atoms with E-state index in [1.54, 1.807) is 7.11 Å².